The molecular formula is C36H20Br4. The summed E-state index contributed by atoms with van der Waals surface area (Å²) in [5, 5.41) is 15.4. The first-order valence-electron chi connectivity index (χ1n) is 12.9. The third-order valence-corrected chi connectivity index (χ3v) is 9.84. The Morgan fingerprint density at radius 3 is 0.900 bits per heavy atom. The van der Waals surface area contributed by atoms with Crippen LogP contribution >= 0.6 is 63.7 Å². The van der Waals surface area contributed by atoms with E-state index in [1.807, 2.05) is 0 Å². The van der Waals surface area contributed by atoms with Crippen LogP contribution in [0.1, 0.15) is 0 Å². The van der Waals surface area contributed by atoms with Crippen LogP contribution in [0.4, 0.5) is 0 Å². The van der Waals surface area contributed by atoms with Crippen LogP contribution in [0, 0.1) is 0 Å². The van der Waals surface area contributed by atoms with Crippen molar-refractivity contribution in [2.24, 2.45) is 0 Å². The molecule has 0 bridgehead atoms. The van der Waals surface area contributed by atoms with Crippen LogP contribution in [0.25, 0.3) is 64.6 Å². The van der Waals surface area contributed by atoms with E-state index in [2.05, 4.69) is 185 Å². The number of fused-ring (bicyclic) bond motifs is 11. The van der Waals surface area contributed by atoms with Crippen molar-refractivity contribution in [2.45, 2.75) is 0 Å². The molecule has 40 heavy (non-hydrogen) atoms. The molecule has 0 radical (unpaired) electrons. The van der Waals surface area contributed by atoms with Crippen molar-refractivity contribution in [3.05, 3.63) is 139 Å². The van der Waals surface area contributed by atoms with E-state index < -0.39 is 0 Å². The Kier molecular flexibility index (Phi) is 6.91. The van der Waals surface area contributed by atoms with E-state index in [0.717, 1.165) is 17.9 Å². The predicted molar refractivity (Wildman–Crippen MR) is 189 cm³/mol. The third-order valence-electron chi connectivity index (χ3n) is 7.54. The normalized spacial score (nSPS) is 11.5. The van der Waals surface area contributed by atoms with Gasteiger partial charge in [-0.3, -0.25) is 0 Å². The number of hydrogen-bond donors (Lipinski definition) is 0. The fourth-order valence-corrected chi connectivity index (χ4v) is 7.64. The van der Waals surface area contributed by atoms with Crippen molar-refractivity contribution < 1.29 is 0 Å². The average Bonchev–Trinajstić information content (AvgIpc) is 2.99. The maximum Gasteiger partial charge on any atom is 0.0260 e. The van der Waals surface area contributed by atoms with Gasteiger partial charge in [-0.1, -0.05) is 149 Å². The minimum absolute atomic E-state index is 1.12. The second-order valence-electron chi connectivity index (χ2n) is 9.83. The van der Waals surface area contributed by atoms with Crippen molar-refractivity contribution in [1.29, 1.82) is 0 Å². The average molecular weight is 772 g/mol. The van der Waals surface area contributed by atoms with Gasteiger partial charge in [0.2, 0.25) is 0 Å². The molecule has 8 aromatic carbocycles. The second-order valence-corrected chi connectivity index (χ2v) is 13.4. The lowest BCUT2D eigenvalue weighted by atomic mass is 9.94. The van der Waals surface area contributed by atoms with Crippen LogP contribution in [-0.2, 0) is 0 Å². The van der Waals surface area contributed by atoms with Gasteiger partial charge in [0.15, 0.2) is 0 Å². The van der Waals surface area contributed by atoms with Crippen LogP contribution in [0.5, 0.6) is 0 Å². The molecule has 8 aromatic rings. The smallest absolute Gasteiger partial charge is 0.0260 e. The van der Waals surface area contributed by atoms with Gasteiger partial charge < -0.3 is 0 Å². The van der Waals surface area contributed by atoms with Gasteiger partial charge in [-0.15, -0.1) is 0 Å². The Bertz CT molecular complexity index is 2090. The fraction of sp³-hybridized carbons (Fsp3) is 0. The predicted octanol–water partition coefficient (Wildman–Crippen LogP) is 13.3. The van der Waals surface area contributed by atoms with E-state index in [1.54, 1.807) is 0 Å². The summed E-state index contributed by atoms with van der Waals surface area (Å²) in [6, 6.07) is 43.1. The standard InChI is InChI=1S/2C18H10Br2/c19-17-10-16-12-6-2-4-8-14(12)18(20)9-15(16)11-5-1-3-7-13(11)17;19-11-5-7-15-16-8-6-12(20)10-18(16)14-4-2-1-3-13(14)17(15)9-11/h2*1-10H. The monoisotopic (exact) mass is 768 g/mol. The van der Waals surface area contributed by atoms with Crippen molar-refractivity contribution in [3.8, 4) is 0 Å². The van der Waals surface area contributed by atoms with Crippen molar-refractivity contribution in [2.75, 3.05) is 0 Å². The molecule has 0 nitrogen and oxygen atoms in total. The highest BCUT2D eigenvalue weighted by Gasteiger charge is 2.10. The first-order chi connectivity index (χ1) is 19.5. The van der Waals surface area contributed by atoms with E-state index in [-0.39, 0.29) is 0 Å². The van der Waals surface area contributed by atoms with Crippen LogP contribution < -0.4 is 0 Å². The summed E-state index contributed by atoms with van der Waals surface area (Å²) in [6.45, 7) is 0. The molecule has 0 heterocycles. The molecular weight excluding hydrogens is 752 g/mol. The van der Waals surface area contributed by atoms with Crippen LogP contribution in [0.15, 0.2) is 139 Å². The maximum absolute atomic E-state index is 3.71. The summed E-state index contributed by atoms with van der Waals surface area (Å²) in [5.74, 6) is 0. The molecule has 0 aliphatic heterocycles. The lowest BCUT2D eigenvalue weighted by Gasteiger charge is -2.11. The van der Waals surface area contributed by atoms with Gasteiger partial charge in [0.1, 0.15) is 0 Å². The van der Waals surface area contributed by atoms with E-state index in [4.69, 9.17) is 0 Å². The lowest BCUT2D eigenvalue weighted by Crippen LogP contribution is -1.83. The third kappa shape index (κ3) is 4.46. The van der Waals surface area contributed by atoms with Gasteiger partial charge in [0.05, 0.1) is 0 Å². The zero-order valence-electron chi connectivity index (χ0n) is 21.1. The summed E-state index contributed by atoms with van der Waals surface area (Å²) in [5.41, 5.74) is 0. The van der Waals surface area contributed by atoms with Gasteiger partial charge in [-0.2, -0.15) is 0 Å². The highest BCUT2D eigenvalue weighted by Crippen LogP contribution is 2.39. The topological polar surface area (TPSA) is 0 Å². The largest absolute Gasteiger partial charge is 0.0616 e. The number of hydrogen-bond acceptors (Lipinski definition) is 0. The molecule has 192 valence electrons. The number of rotatable bonds is 0. The maximum atomic E-state index is 3.71. The van der Waals surface area contributed by atoms with E-state index >= 15 is 0 Å². The molecule has 0 spiro atoms. The molecule has 0 saturated heterocycles. The fourth-order valence-electron chi connectivity index (χ4n) is 5.76. The summed E-state index contributed by atoms with van der Waals surface area (Å²) in [4.78, 5) is 0. The van der Waals surface area contributed by atoms with E-state index in [0.29, 0.717) is 0 Å². The molecule has 0 aliphatic rings. The van der Waals surface area contributed by atoms with E-state index in [9.17, 15) is 0 Å². The second kappa shape index (κ2) is 10.6. The lowest BCUT2D eigenvalue weighted by molar-refractivity contribution is 1.71. The Balaban J connectivity index is 0.000000132. The van der Waals surface area contributed by atoms with Crippen molar-refractivity contribution >= 4 is 128 Å². The van der Waals surface area contributed by atoms with Gasteiger partial charge in [-0.05, 0) is 101 Å². The summed E-state index contributed by atoms with van der Waals surface area (Å²) in [6.07, 6.45) is 0. The van der Waals surface area contributed by atoms with Gasteiger partial charge in [0, 0.05) is 17.9 Å². The highest BCUT2D eigenvalue weighted by atomic mass is 79.9. The van der Waals surface area contributed by atoms with E-state index in [1.165, 1.54) is 64.6 Å². The zero-order chi connectivity index (χ0) is 27.4. The molecule has 0 fully saturated rings. The SMILES string of the molecule is Brc1cc2c3ccccc3c(Br)cc2c2ccccc12.Brc1ccc2c3ccc(Br)cc3c3ccccc3c2c1. The minimum atomic E-state index is 1.12. The van der Waals surface area contributed by atoms with Crippen LogP contribution in [0.2, 0.25) is 0 Å². The molecule has 0 aliphatic carbocycles. The van der Waals surface area contributed by atoms with Crippen LogP contribution in [-0.4, -0.2) is 0 Å². The number of benzene rings is 8. The molecule has 0 saturated carbocycles. The Morgan fingerprint density at radius 1 is 0.250 bits per heavy atom. The Morgan fingerprint density at radius 2 is 0.525 bits per heavy atom. The van der Waals surface area contributed by atoms with Gasteiger partial charge in [-0.25, -0.2) is 0 Å². The van der Waals surface area contributed by atoms with Gasteiger partial charge in [0.25, 0.3) is 0 Å². The van der Waals surface area contributed by atoms with Crippen molar-refractivity contribution in [3.63, 3.8) is 0 Å². The molecule has 0 N–H and O–H groups in total. The quantitative estimate of drug-likeness (QED) is 0.135. The van der Waals surface area contributed by atoms with Crippen LogP contribution in [0.3, 0.4) is 0 Å². The molecule has 0 unspecified atom stereocenters. The molecule has 0 atom stereocenters. The Labute approximate surface area is 265 Å². The van der Waals surface area contributed by atoms with Crippen molar-refractivity contribution in [1.82, 2.24) is 0 Å². The van der Waals surface area contributed by atoms with Gasteiger partial charge >= 0.3 is 0 Å². The highest BCUT2D eigenvalue weighted by molar-refractivity contribution is 9.11. The molecule has 8 rings (SSSR count). The first-order valence-corrected chi connectivity index (χ1v) is 16.0. The zero-order valence-corrected chi connectivity index (χ0v) is 27.4. The minimum Gasteiger partial charge on any atom is -0.0616 e. The Hall–Kier alpha value is -2.76. The summed E-state index contributed by atoms with van der Waals surface area (Å²) < 4.78 is 4.53. The molecule has 4 heteroatoms. The molecule has 0 amide bonds. The molecule has 0 aromatic heterocycles. The summed E-state index contributed by atoms with van der Waals surface area (Å²) in [7, 11) is 0. The first kappa shape index (κ1) is 26.2. The number of halogens is 4. The summed E-state index contributed by atoms with van der Waals surface area (Å²) >= 11 is 14.6.